The minimum atomic E-state index is -1.73. The van der Waals surface area contributed by atoms with Gasteiger partial charge in [-0.3, -0.25) is 29.4 Å². The molecule has 2 amide bonds. The van der Waals surface area contributed by atoms with Gasteiger partial charge in [0.1, 0.15) is 11.6 Å². The molecule has 0 unspecified atom stereocenters. The Morgan fingerprint density at radius 2 is 1.89 bits per heavy atom. The topological polar surface area (TPSA) is 235 Å². The third-order valence-corrected chi connectivity index (χ3v) is 12.7. The number of amides is 2. The van der Waals surface area contributed by atoms with Gasteiger partial charge in [0, 0.05) is 30.1 Å². The third-order valence-electron chi connectivity index (χ3n) is 11.6. The van der Waals surface area contributed by atoms with Gasteiger partial charge in [-0.15, -0.1) is 11.8 Å². The summed E-state index contributed by atoms with van der Waals surface area (Å²) in [7, 11) is 0. The molecule has 9 N–H and O–H groups in total. The molecule has 262 valence electrons. The lowest BCUT2D eigenvalue weighted by molar-refractivity contribution is -0.184. The van der Waals surface area contributed by atoms with Crippen molar-refractivity contribution >= 4 is 47.1 Å². The first-order valence-electron chi connectivity index (χ1n) is 16.6. The SMILES string of the molecule is C[C@@H](CSCC(=O)OCC(=O)[C@@]1(O)CC[C@H]2[C@@H]3CCC4=CC(=O)CC[C@]4(C)[C@H]3[C@@H](O)C[C@@]21C)C(=O)N[C@H](CCCNC(=N)N)C(N)=O. The molecule has 14 heteroatoms. The molecule has 0 spiro atoms. The van der Waals surface area contributed by atoms with Gasteiger partial charge in [-0.1, -0.05) is 26.3 Å². The summed E-state index contributed by atoms with van der Waals surface area (Å²) in [6, 6.07) is -0.882. The predicted molar refractivity (Wildman–Crippen MR) is 176 cm³/mol. The van der Waals surface area contributed by atoms with Crippen LogP contribution < -0.4 is 22.1 Å². The molecule has 0 heterocycles. The van der Waals surface area contributed by atoms with Gasteiger partial charge in [0.05, 0.1) is 11.9 Å². The van der Waals surface area contributed by atoms with Crippen LogP contribution >= 0.6 is 11.8 Å². The van der Waals surface area contributed by atoms with Gasteiger partial charge in [0.15, 0.2) is 18.3 Å². The summed E-state index contributed by atoms with van der Waals surface area (Å²) in [5, 5.41) is 35.8. The lowest BCUT2D eigenvalue weighted by atomic mass is 9.45. The average molecular weight is 678 g/mol. The summed E-state index contributed by atoms with van der Waals surface area (Å²) in [5.74, 6) is -2.67. The first kappa shape index (κ1) is 36.9. The molecule has 9 atom stereocenters. The van der Waals surface area contributed by atoms with E-state index in [1.54, 1.807) is 13.0 Å². The fourth-order valence-electron chi connectivity index (χ4n) is 8.98. The Bertz CT molecular complexity index is 1310. The molecule has 0 aromatic heterocycles. The van der Waals surface area contributed by atoms with E-state index in [1.807, 2.05) is 6.92 Å². The van der Waals surface area contributed by atoms with Crippen molar-refractivity contribution in [2.75, 3.05) is 24.7 Å². The molecule has 0 aromatic carbocycles. The average Bonchev–Trinajstić information content (AvgIpc) is 3.27. The predicted octanol–water partition coefficient (Wildman–Crippen LogP) is 0.935. The number of nitrogens with two attached hydrogens (primary N) is 2. The van der Waals surface area contributed by atoms with E-state index in [1.165, 1.54) is 0 Å². The van der Waals surface area contributed by atoms with Gasteiger partial charge in [0.25, 0.3) is 0 Å². The highest BCUT2D eigenvalue weighted by atomic mass is 32.2. The Morgan fingerprint density at radius 1 is 1.17 bits per heavy atom. The maximum atomic E-state index is 13.5. The van der Waals surface area contributed by atoms with Crippen molar-refractivity contribution in [3.8, 4) is 0 Å². The van der Waals surface area contributed by atoms with Gasteiger partial charge in [-0.2, -0.15) is 0 Å². The Morgan fingerprint density at radius 3 is 2.57 bits per heavy atom. The maximum Gasteiger partial charge on any atom is 0.316 e. The molecule has 4 aliphatic rings. The van der Waals surface area contributed by atoms with E-state index in [4.69, 9.17) is 21.6 Å². The minimum absolute atomic E-state index is 0.0196. The number of thioether (sulfide) groups is 1. The monoisotopic (exact) mass is 677 g/mol. The number of nitrogens with one attached hydrogen (secondary N) is 3. The summed E-state index contributed by atoms with van der Waals surface area (Å²) >= 11 is 1.15. The van der Waals surface area contributed by atoms with Crippen LogP contribution in [0.4, 0.5) is 0 Å². The van der Waals surface area contributed by atoms with Gasteiger partial charge in [0.2, 0.25) is 17.6 Å². The van der Waals surface area contributed by atoms with E-state index in [9.17, 15) is 34.2 Å². The van der Waals surface area contributed by atoms with Crippen molar-refractivity contribution in [1.29, 1.82) is 5.41 Å². The second kappa shape index (κ2) is 14.7. The summed E-state index contributed by atoms with van der Waals surface area (Å²) in [4.78, 5) is 62.6. The first-order valence-corrected chi connectivity index (χ1v) is 17.8. The van der Waals surface area contributed by atoms with Crippen LogP contribution in [-0.2, 0) is 28.7 Å². The van der Waals surface area contributed by atoms with Gasteiger partial charge >= 0.3 is 5.97 Å². The normalized spacial score (nSPS) is 34.1. The number of aliphatic hydroxyl groups excluding tert-OH is 1. The molecule has 0 aliphatic heterocycles. The zero-order valence-corrected chi connectivity index (χ0v) is 28.5. The highest BCUT2D eigenvalue weighted by Gasteiger charge is 2.68. The second-order valence-electron chi connectivity index (χ2n) is 14.4. The first-order chi connectivity index (χ1) is 22.0. The Hall–Kier alpha value is -2.97. The van der Waals surface area contributed by atoms with Gasteiger partial charge in [-0.05, 0) is 80.6 Å². The lowest BCUT2D eigenvalue weighted by Crippen LogP contribution is -2.62. The van der Waals surface area contributed by atoms with Crippen LogP contribution in [0.25, 0.3) is 0 Å². The summed E-state index contributed by atoms with van der Waals surface area (Å²) in [5.41, 5.74) is 8.89. The summed E-state index contributed by atoms with van der Waals surface area (Å²) in [6.07, 6.45) is 5.64. The lowest BCUT2D eigenvalue weighted by Gasteiger charge is -2.60. The number of rotatable bonds is 14. The number of guanidine groups is 1. The number of hydrogen-bond acceptors (Lipinski definition) is 10. The number of primary amides is 1. The Balaban J connectivity index is 1.26. The zero-order chi connectivity index (χ0) is 34.7. The van der Waals surface area contributed by atoms with Crippen molar-refractivity contribution in [3.05, 3.63) is 11.6 Å². The number of allylic oxidation sites excluding steroid dienone is 1. The molecular weight excluding hydrogens is 626 g/mol. The Kier molecular flexibility index (Phi) is 11.5. The minimum Gasteiger partial charge on any atom is -0.457 e. The van der Waals surface area contributed by atoms with Crippen molar-refractivity contribution in [1.82, 2.24) is 10.6 Å². The number of carbonyl (C=O) groups is 5. The summed E-state index contributed by atoms with van der Waals surface area (Å²) < 4.78 is 5.28. The Labute approximate surface area is 280 Å². The number of ketones is 2. The van der Waals surface area contributed by atoms with E-state index < -0.39 is 59.3 Å². The van der Waals surface area contributed by atoms with E-state index in [2.05, 4.69) is 17.6 Å². The molecule has 3 fully saturated rings. The number of hydrogen-bond donors (Lipinski definition) is 7. The fourth-order valence-corrected chi connectivity index (χ4v) is 9.85. The van der Waals surface area contributed by atoms with E-state index >= 15 is 0 Å². The van der Waals surface area contributed by atoms with Crippen LogP contribution in [0.15, 0.2) is 11.6 Å². The maximum absolute atomic E-state index is 13.5. The van der Waals surface area contributed by atoms with Crippen molar-refractivity contribution in [2.24, 2.45) is 46.0 Å². The molecule has 4 aliphatic carbocycles. The van der Waals surface area contributed by atoms with Crippen molar-refractivity contribution < 1.29 is 38.9 Å². The molecule has 13 nitrogen and oxygen atoms in total. The molecule has 0 bridgehead atoms. The van der Waals surface area contributed by atoms with Crippen LogP contribution in [0.5, 0.6) is 0 Å². The molecule has 4 rings (SSSR count). The molecular formula is C33H51N5O8S. The molecule has 0 aromatic rings. The van der Waals surface area contributed by atoms with E-state index in [0.29, 0.717) is 32.2 Å². The largest absolute Gasteiger partial charge is 0.457 e. The molecule has 0 radical (unpaired) electrons. The van der Waals surface area contributed by atoms with E-state index in [0.717, 1.165) is 30.2 Å². The van der Waals surface area contributed by atoms with Gasteiger partial charge in [-0.25, -0.2) is 0 Å². The number of carbonyl (C=O) groups excluding carboxylic acids is 5. The van der Waals surface area contributed by atoms with Crippen LogP contribution in [-0.4, -0.2) is 87.9 Å². The van der Waals surface area contributed by atoms with Gasteiger partial charge < -0.3 is 37.1 Å². The number of esters is 1. The second-order valence-corrected chi connectivity index (χ2v) is 15.5. The van der Waals surface area contributed by atoms with Crippen LogP contribution in [0.2, 0.25) is 0 Å². The number of Topliss-reactive ketones (excluding diaryl/α,β-unsaturated/α-hetero) is 1. The quantitative estimate of drug-likeness (QED) is 0.0591. The highest BCUT2D eigenvalue weighted by molar-refractivity contribution is 7.99. The summed E-state index contributed by atoms with van der Waals surface area (Å²) in [6.45, 7) is 5.47. The van der Waals surface area contributed by atoms with Crippen LogP contribution in [0.3, 0.4) is 0 Å². The zero-order valence-electron chi connectivity index (χ0n) is 27.6. The molecule has 47 heavy (non-hydrogen) atoms. The number of fused-ring (bicyclic) bond motifs is 5. The van der Waals surface area contributed by atoms with E-state index in [-0.39, 0.29) is 65.7 Å². The highest BCUT2D eigenvalue weighted by Crippen LogP contribution is 2.67. The fraction of sp³-hybridized carbons (Fsp3) is 0.758. The third kappa shape index (κ3) is 7.54. The number of aliphatic hydroxyl groups is 2. The van der Waals surface area contributed by atoms with Crippen LogP contribution in [0.1, 0.15) is 78.6 Å². The van der Waals surface area contributed by atoms with Crippen molar-refractivity contribution in [3.63, 3.8) is 0 Å². The molecule has 3 saturated carbocycles. The number of ether oxygens (including phenoxy) is 1. The van der Waals surface area contributed by atoms with Crippen molar-refractivity contribution in [2.45, 2.75) is 96.3 Å². The van der Waals surface area contributed by atoms with Crippen LogP contribution in [0, 0.1) is 39.9 Å². The standard InChI is InChI=1S/C33H51N5O8S/c1-18(29(44)38-23(28(34)43)5-4-12-37-30(35)36)16-47-17-26(42)46-15-25(41)33(45)11-9-22-21-7-6-19-13-20(39)8-10-31(19,2)27(21)24(40)14-32(22,33)3/h13,18,21-24,27,40,45H,4-12,14-17H2,1-3H3,(H2,34,43)(H,38,44)(H4,35,36,37)/t18-,21-,22-,23+,24-,27+,31-,32-,33-/m0/s1. The molecule has 0 saturated heterocycles. The smallest absolute Gasteiger partial charge is 0.316 e.